The molecule has 0 saturated heterocycles. The van der Waals surface area contributed by atoms with Crippen molar-refractivity contribution < 1.29 is 14.3 Å². The largest absolute Gasteiger partial charge is 0.462 e. The molecule has 1 unspecified atom stereocenters. The molecule has 0 aliphatic heterocycles. The lowest BCUT2D eigenvalue weighted by molar-refractivity contribution is -0.120. The van der Waals surface area contributed by atoms with E-state index in [0.717, 1.165) is 32.1 Å². The van der Waals surface area contributed by atoms with Gasteiger partial charge < -0.3 is 10.1 Å². The Morgan fingerprint density at radius 1 is 1.22 bits per heavy atom. The van der Waals surface area contributed by atoms with Crippen molar-refractivity contribution in [2.75, 3.05) is 11.9 Å². The van der Waals surface area contributed by atoms with Gasteiger partial charge in [0.1, 0.15) is 0 Å². The zero-order chi connectivity index (χ0) is 17.2. The Hall–Kier alpha value is -1.55. The topological polar surface area (TPSA) is 55.4 Å². The number of halogens is 1. The van der Waals surface area contributed by atoms with Gasteiger partial charge in [0, 0.05) is 5.92 Å². The summed E-state index contributed by atoms with van der Waals surface area (Å²) in [5.74, 6) is -0.499. The van der Waals surface area contributed by atoms with E-state index < -0.39 is 5.97 Å². The molecule has 0 fully saturated rings. The number of carbonyl (C=O) groups excluding carboxylic acids is 2. The second-order valence-electron chi connectivity index (χ2n) is 5.57. The molecule has 0 radical (unpaired) electrons. The lowest BCUT2D eigenvalue weighted by atomic mass is 9.98. The quantitative estimate of drug-likeness (QED) is 0.639. The van der Waals surface area contributed by atoms with Gasteiger partial charge >= 0.3 is 5.97 Å². The highest BCUT2D eigenvalue weighted by atomic mass is 35.5. The van der Waals surface area contributed by atoms with Gasteiger partial charge in [0.05, 0.1) is 22.9 Å². The average molecular weight is 340 g/mol. The minimum atomic E-state index is -0.406. The molecule has 1 atom stereocenters. The normalized spacial score (nSPS) is 11.8. The Morgan fingerprint density at radius 3 is 2.57 bits per heavy atom. The van der Waals surface area contributed by atoms with Gasteiger partial charge in [-0.2, -0.15) is 0 Å². The van der Waals surface area contributed by atoms with Crippen LogP contribution >= 0.6 is 11.6 Å². The third kappa shape index (κ3) is 6.22. The molecular formula is C18H26ClNO3. The molecule has 23 heavy (non-hydrogen) atoms. The van der Waals surface area contributed by atoms with Crippen LogP contribution in [0.1, 0.15) is 63.2 Å². The summed E-state index contributed by atoms with van der Waals surface area (Å²) < 4.78 is 5.10. The first-order valence-corrected chi connectivity index (χ1v) is 8.68. The molecule has 5 heteroatoms. The summed E-state index contributed by atoms with van der Waals surface area (Å²) in [6.45, 7) is 6.41. The zero-order valence-corrected chi connectivity index (χ0v) is 14.9. The van der Waals surface area contributed by atoms with E-state index in [9.17, 15) is 9.59 Å². The standard InChI is InChI=1S/C18H26ClNO3/c1-4-7-8-13(6-3)17(21)20-16-12-14(9-10-15(16)19)18(22)23-11-5-2/h9-10,12-13H,4-8,11H2,1-3H3,(H,20,21). The Labute approximate surface area is 143 Å². The van der Waals surface area contributed by atoms with Crippen molar-refractivity contribution in [1.82, 2.24) is 0 Å². The Bertz CT molecular complexity index is 531. The number of hydrogen-bond donors (Lipinski definition) is 1. The summed E-state index contributed by atoms with van der Waals surface area (Å²) in [4.78, 5) is 24.3. The van der Waals surface area contributed by atoms with Crippen LogP contribution in [0.5, 0.6) is 0 Å². The third-order valence-corrected chi connectivity index (χ3v) is 4.00. The molecule has 0 saturated carbocycles. The molecule has 128 valence electrons. The third-order valence-electron chi connectivity index (χ3n) is 3.67. The number of benzene rings is 1. The summed E-state index contributed by atoms with van der Waals surface area (Å²) in [6, 6.07) is 4.78. The van der Waals surface area contributed by atoms with E-state index in [4.69, 9.17) is 16.3 Å². The molecule has 0 aliphatic rings. The molecule has 0 aromatic heterocycles. The molecule has 1 N–H and O–H groups in total. The number of amides is 1. The van der Waals surface area contributed by atoms with Gasteiger partial charge in [-0.05, 0) is 37.5 Å². The molecule has 0 aliphatic carbocycles. The van der Waals surface area contributed by atoms with Gasteiger partial charge in [0.2, 0.25) is 5.91 Å². The van der Waals surface area contributed by atoms with Crippen LogP contribution in [-0.4, -0.2) is 18.5 Å². The first-order chi connectivity index (χ1) is 11.0. The molecule has 0 heterocycles. The van der Waals surface area contributed by atoms with E-state index in [2.05, 4.69) is 12.2 Å². The van der Waals surface area contributed by atoms with Crippen molar-refractivity contribution >= 4 is 29.2 Å². The van der Waals surface area contributed by atoms with Crippen LogP contribution in [0.2, 0.25) is 5.02 Å². The highest BCUT2D eigenvalue weighted by molar-refractivity contribution is 6.33. The lowest BCUT2D eigenvalue weighted by Gasteiger charge is -2.16. The van der Waals surface area contributed by atoms with E-state index >= 15 is 0 Å². The number of anilines is 1. The number of hydrogen-bond acceptors (Lipinski definition) is 3. The maximum absolute atomic E-state index is 12.4. The Kier molecular flexibility index (Phi) is 8.70. The van der Waals surface area contributed by atoms with Crippen molar-refractivity contribution in [3.05, 3.63) is 28.8 Å². The van der Waals surface area contributed by atoms with Crippen molar-refractivity contribution in [3.63, 3.8) is 0 Å². The fourth-order valence-electron chi connectivity index (χ4n) is 2.23. The van der Waals surface area contributed by atoms with Crippen LogP contribution in [0.4, 0.5) is 5.69 Å². The van der Waals surface area contributed by atoms with Gasteiger partial charge in [-0.3, -0.25) is 4.79 Å². The fraction of sp³-hybridized carbons (Fsp3) is 0.556. The molecule has 0 bridgehead atoms. The first kappa shape index (κ1) is 19.5. The second kappa shape index (κ2) is 10.3. The van der Waals surface area contributed by atoms with Crippen LogP contribution in [0, 0.1) is 5.92 Å². The van der Waals surface area contributed by atoms with E-state index in [-0.39, 0.29) is 11.8 Å². The van der Waals surface area contributed by atoms with E-state index in [1.807, 2.05) is 13.8 Å². The van der Waals surface area contributed by atoms with Crippen molar-refractivity contribution in [1.29, 1.82) is 0 Å². The lowest BCUT2D eigenvalue weighted by Crippen LogP contribution is -2.22. The van der Waals surface area contributed by atoms with Gasteiger partial charge in [0.25, 0.3) is 0 Å². The summed E-state index contributed by atoms with van der Waals surface area (Å²) in [7, 11) is 0. The van der Waals surface area contributed by atoms with Crippen LogP contribution in [0.15, 0.2) is 18.2 Å². The van der Waals surface area contributed by atoms with Crippen molar-refractivity contribution in [3.8, 4) is 0 Å². The smallest absolute Gasteiger partial charge is 0.338 e. The number of rotatable bonds is 9. The maximum atomic E-state index is 12.4. The molecule has 1 aromatic rings. The number of ether oxygens (including phenoxy) is 1. The van der Waals surface area contributed by atoms with Gasteiger partial charge in [0.15, 0.2) is 0 Å². The first-order valence-electron chi connectivity index (χ1n) is 8.30. The molecule has 0 spiro atoms. The van der Waals surface area contributed by atoms with Gasteiger partial charge in [-0.25, -0.2) is 4.79 Å². The molecule has 4 nitrogen and oxygen atoms in total. The molecule has 1 rings (SSSR count). The molecule has 1 amide bonds. The number of esters is 1. The highest BCUT2D eigenvalue weighted by Crippen LogP contribution is 2.25. The predicted molar refractivity (Wildman–Crippen MR) is 94.0 cm³/mol. The van der Waals surface area contributed by atoms with Crippen LogP contribution in [-0.2, 0) is 9.53 Å². The predicted octanol–water partition coefficient (Wildman–Crippen LogP) is 5.06. The average Bonchev–Trinajstić information content (AvgIpc) is 2.55. The zero-order valence-electron chi connectivity index (χ0n) is 14.2. The maximum Gasteiger partial charge on any atom is 0.338 e. The second-order valence-corrected chi connectivity index (χ2v) is 5.97. The monoisotopic (exact) mass is 339 g/mol. The highest BCUT2D eigenvalue weighted by Gasteiger charge is 2.18. The fourth-order valence-corrected chi connectivity index (χ4v) is 2.40. The van der Waals surface area contributed by atoms with Crippen LogP contribution in [0.3, 0.4) is 0 Å². The number of nitrogens with one attached hydrogen (secondary N) is 1. The summed E-state index contributed by atoms with van der Waals surface area (Å²) in [5.41, 5.74) is 0.845. The SMILES string of the molecule is CCCCC(CC)C(=O)Nc1cc(C(=O)OCCC)ccc1Cl. The van der Waals surface area contributed by atoms with Gasteiger partial charge in [-0.1, -0.05) is 45.2 Å². The van der Waals surface area contributed by atoms with Crippen LogP contribution < -0.4 is 5.32 Å². The van der Waals surface area contributed by atoms with Crippen molar-refractivity contribution in [2.45, 2.75) is 52.9 Å². The minimum absolute atomic E-state index is 0.0401. The van der Waals surface area contributed by atoms with E-state index in [0.29, 0.717) is 22.9 Å². The Morgan fingerprint density at radius 2 is 1.96 bits per heavy atom. The van der Waals surface area contributed by atoms with Gasteiger partial charge in [-0.15, -0.1) is 0 Å². The number of carbonyl (C=O) groups is 2. The molecule has 1 aromatic carbocycles. The Balaban J connectivity index is 2.82. The van der Waals surface area contributed by atoms with E-state index in [1.54, 1.807) is 18.2 Å². The van der Waals surface area contributed by atoms with E-state index in [1.165, 1.54) is 0 Å². The molecular weight excluding hydrogens is 314 g/mol. The summed E-state index contributed by atoms with van der Waals surface area (Å²) in [6.07, 6.45) is 4.47. The number of unbranched alkanes of at least 4 members (excludes halogenated alkanes) is 1. The minimum Gasteiger partial charge on any atom is -0.462 e. The summed E-state index contributed by atoms with van der Waals surface area (Å²) >= 11 is 6.13. The van der Waals surface area contributed by atoms with Crippen molar-refractivity contribution in [2.24, 2.45) is 5.92 Å². The van der Waals surface area contributed by atoms with Crippen LogP contribution in [0.25, 0.3) is 0 Å². The summed E-state index contributed by atoms with van der Waals surface area (Å²) in [5, 5.41) is 3.26.